The number of aromatic nitrogens is 8. The van der Waals surface area contributed by atoms with Gasteiger partial charge in [0.2, 0.25) is 5.95 Å². The average Bonchev–Trinajstić information content (AvgIpc) is 3.77. The minimum absolute atomic E-state index is 0.0433. The molecule has 21 nitrogen and oxygen atoms in total. The number of nitrogens with one attached hydrogen (secondary N) is 1. The first-order valence-corrected chi connectivity index (χ1v) is 17.4. The van der Waals surface area contributed by atoms with Gasteiger partial charge in [0.05, 0.1) is 25.9 Å². The van der Waals surface area contributed by atoms with Crippen molar-refractivity contribution in [2.45, 2.75) is 49.1 Å². The molecule has 0 aromatic carbocycles. The highest BCUT2D eigenvalue weighted by molar-refractivity contribution is 8.07. The van der Waals surface area contributed by atoms with Gasteiger partial charge in [-0.1, -0.05) is 0 Å². The topological polar surface area (TPSA) is 281 Å². The van der Waals surface area contributed by atoms with Crippen molar-refractivity contribution in [1.82, 2.24) is 39.0 Å². The molecule has 3 saturated heterocycles. The summed E-state index contributed by atoms with van der Waals surface area (Å²) in [5.41, 5.74) is 11.1. The van der Waals surface area contributed by atoms with Crippen LogP contribution in [0.25, 0.3) is 22.3 Å². The molecule has 0 radical (unpaired) electrons. The molecule has 2 bridgehead atoms. The molecule has 7 N–H and O–H groups in total. The molecule has 0 amide bonds. The third-order valence-corrected chi connectivity index (χ3v) is 10.5. The van der Waals surface area contributed by atoms with Crippen LogP contribution in [0.5, 0.6) is 0 Å². The van der Waals surface area contributed by atoms with Gasteiger partial charge in [-0.2, -0.15) is 4.98 Å². The summed E-state index contributed by atoms with van der Waals surface area (Å²) in [6.45, 7) is -5.60. The number of hydrogen-bond acceptors (Lipinski definition) is 18. The number of nitrogens with zero attached hydrogens (tertiary/aromatic N) is 7. The molecule has 3 aliphatic heterocycles. The third kappa shape index (κ3) is 5.41. The van der Waals surface area contributed by atoms with Crippen molar-refractivity contribution < 1.29 is 51.0 Å². The normalized spacial score (nSPS) is 37.1. The number of phosphoric ester groups is 1. The molecule has 248 valence electrons. The van der Waals surface area contributed by atoms with Gasteiger partial charge in [0.25, 0.3) is 5.56 Å². The van der Waals surface area contributed by atoms with E-state index in [-0.39, 0.29) is 34.1 Å². The highest BCUT2D eigenvalue weighted by Gasteiger charge is 2.54. The summed E-state index contributed by atoms with van der Waals surface area (Å²) >= 11 is 5.23. The number of ether oxygens (including phenoxy) is 2. The van der Waals surface area contributed by atoms with Crippen molar-refractivity contribution in [3.63, 3.8) is 0 Å². The molecule has 7 heterocycles. The molecular weight excluding hydrogens is 681 g/mol. The number of fused-ring (bicyclic) bond motifs is 5. The minimum atomic E-state index is -4.60. The zero-order valence-electron chi connectivity index (χ0n) is 23.3. The van der Waals surface area contributed by atoms with Crippen molar-refractivity contribution >= 4 is 60.4 Å². The first kappa shape index (κ1) is 31.5. The number of H-pyrrole nitrogens is 1. The number of aliphatic hydroxyl groups excluding tert-OH is 1. The summed E-state index contributed by atoms with van der Waals surface area (Å²) in [5.74, 6) is -0.192. The summed E-state index contributed by atoms with van der Waals surface area (Å²) < 4.78 is 71.4. The molecule has 4 aromatic heterocycles. The number of aromatic amines is 1. The Hall–Kier alpha value is -3.05. The first-order valence-electron chi connectivity index (χ1n) is 13.3. The zero-order valence-corrected chi connectivity index (χ0v) is 25.9. The maximum absolute atomic E-state index is 16.1. The molecule has 4 aromatic rings. The highest BCUT2D eigenvalue weighted by atomic mass is 32.5. The SMILES string of the molecule is COP1(=O)OCC2O[C@@H](n3cnc4c(=O)[nH]c(N)nc43)C(OP(O)(=S)OCC3O[C@@H](n4cnc5c(N)ncnc54)C(F)C3O1)C2O. The lowest BCUT2D eigenvalue weighted by Gasteiger charge is -2.27. The second kappa shape index (κ2) is 11.6. The molecule has 3 aliphatic rings. The van der Waals surface area contributed by atoms with E-state index in [4.69, 9.17) is 55.4 Å². The van der Waals surface area contributed by atoms with Crippen LogP contribution in [0.4, 0.5) is 16.2 Å². The van der Waals surface area contributed by atoms with Crippen molar-refractivity contribution in [2.75, 3.05) is 31.8 Å². The van der Waals surface area contributed by atoms with Gasteiger partial charge in [-0.15, -0.1) is 0 Å². The summed E-state index contributed by atoms with van der Waals surface area (Å²) in [6, 6.07) is 0. The van der Waals surface area contributed by atoms with Crippen LogP contribution in [0.15, 0.2) is 23.8 Å². The van der Waals surface area contributed by atoms with E-state index in [0.29, 0.717) is 0 Å². The summed E-state index contributed by atoms with van der Waals surface area (Å²) in [4.78, 5) is 45.9. The van der Waals surface area contributed by atoms with Gasteiger partial charge in [0.1, 0.15) is 42.4 Å². The first-order chi connectivity index (χ1) is 21.9. The van der Waals surface area contributed by atoms with E-state index >= 15 is 4.39 Å². The predicted molar refractivity (Wildman–Crippen MR) is 154 cm³/mol. The van der Waals surface area contributed by atoms with E-state index < -0.39 is 82.5 Å². The Balaban J connectivity index is 1.22. The van der Waals surface area contributed by atoms with Crippen LogP contribution in [0, 0.1) is 0 Å². The number of phosphoric acid groups is 1. The second-order valence-electron chi connectivity index (χ2n) is 10.3. The number of aliphatic hydroxyl groups is 1. The van der Waals surface area contributed by atoms with Crippen molar-refractivity contribution in [1.29, 1.82) is 0 Å². The Morgan fingerprint density at radius 1 is 1.02 bits per heavy atom. The highest BCUT2D eigenvalue weighted by Crippen LogP contribution is 2.56. The van der Waals surface area contributed by atoms with Crippen molar-refractivity contribution in [2.24, 2.45) is 0 Å². The Morgan fingerprint density at radius 2 is 1.72 bits per heavy atom. The fraction of sp³-hybridized carbons (Fsp3) is 0.524. The van der Waals surface area contributed by atoms with Gasteiger partial charge in [0.15, 0.2) is 41.3 Å². The van der Waals surface area contributed by atoms with Gasteiger partial charge < -0.3 is 35.5 Å². The molecule has 10 atom stereocenters. The van der Waals surface area contributed by atoms with Gasteiger partial charge in [0, 0.05) is 7.11 Å². The molecule has 25 heteroatoms. The Bertz CT molecular complexity index is 1960. The lowest BCUT2D eigenvalue weighted by atomic mass is 10.1. The zero-order chi connectivity index (χ0) is 32.5. The number of imidazole rings is 2. The van der Waals surface area contributed by atoms with E-state index in [1.165, 1.54) is 21.8 Å². The monoisotopic (exact) mass is 706 g/mol. The summed E-state index contributed by atoms with van der Waals surface area (Å²) in [6.07, 6.45) is -8.79. The fourth-order valence-electron chi connectivity index (χ4n) is 5.35. The minimum Gasteiger partial charge on any atom is -0.387 e. The number of anilines is 2. The number of halogens is 1. The van der Waals surface area contributed by atoms with Crippen molar-refractivity contribution in [3.05, 3.63) is 29.3 Å². The van der Waals surface area contributed by atoms with E-state index in [1.54, 1.807) is 0 Å². The molecule has 46 heavy (non-hydrogen) atoms. The standard InChI is InChI=1S/C21H25FN10O11P2S/c1-37-44(35)38-2-7-12(33)14(20(40-7)32-6-28-11-17(32)29-21(24)30-18(11)34)43-45(36,46)39-3-8-13(42-44)9(22)19(41-8)31-5-27-10-15(23)25-4-26-16(10)31/h4-9,12-14,19-20,33H,2-3H2,1H3,(H,36,46)(H2,23,25,26)(H3,24,29,30,34)/t7?,8?,9?,12?,13?,14?,19-,20-,44?,45?/m1/s1. The maximum atomic E-state index is 16.1. The smallest absolute Gasteiger partial charge is 0.387 e. The number of alkyl halides is 1. The molecule has 0 aliphatic carbocycles. The molecule has 0 saturated carbocycles. The Labute approximate surface area is 260 Å². The number of rotatable bonds is 3. The Morgan fingerprint density at radius 3 is 2.48 bits per heavy atom. The quantitative estimate of drug-likeness (QED) is 0.166. The number of hydrogen-bond donors (Lipinski definition) is 5. The van der Waals surface area contributed by atoms with Crippen LogP contribution in [0.1, 0.15) is 12.5 Å². The fourth-order valence-corrected chi connectivity index (χ4v) is 7.89. The molecule has 8 unspecified atom stereocenters. The van der Waals surface area contributed by atoms with Gasteiger partial charge in [-0.05, 0) is 11.8 Å². The molecule has 7 rings (SSSR count). The molecular formula is C21H25FN10O11P2S. The van der Waals surface area contributed by atoms with E-state index in [0.717, 1.165) is 13.4 Å². The van der Waals surface area contributed by atoms with Crippen LogP contribution >= 0.6 is 14.5 Å². The third-order valence-electron chi connectivity index (χ3n) is 7.49. The van der Waals surface area contributed by atoms with Gasteiger partial charge in [-0.3, -0.25) is 37.0 Å². The van der Waals surface area contributed by atoms with Gasteiger partial charge in [-0.25, -0.2) is 28.9 Å². The van der Waals surface area contributed by atoms with Crippen molar-refractivity contribution in [3.8, 4) is 0 Å². The number of nitrogens with two attached hydrogens (primary N) is 2. The van der Waals surface area contributed by atoms with E-state index in [2.05, 4.69) is 29.9 Å². The van der Waals surface area contributed by atoms with Crippen LogP contribution in [0.3, 0.4) is 0 Å². The van der Waals surface area contributed by atoms with E-state index in [9.17, 15) is 19.4 Å². The molecule has 0 spiro atoms. The van der Waals surface area contributed by atoms with Crippen LogP contribution in [-0.4, -0.2) is 106 Å². The second-order valence-corrected chi connectivity index (χ2v) is 14.8. The van der Waals surface area contributed by atoms with Crippen LogP contribution < -0.4 is 17.0 Å². The molecule has 3 fully saturated rings. The summed E-state index contributed by atoms with van der Waals surface area (Å²) in [7, 11) is -3.59. The van der Waals surface area contributed by atoms with Crippen LogP contribution in [-0.2, 0) is 48.5 Å². The van der Waals surface area contributed by atoms with Crippen LogP contribution in [0.2, 0.25) is 0 Å². The Kier molecular flexibility index (Phi) is 7.94. The van der Waals surface area contributed by atoms with Gasteiger partial charge >= 0.3 is 14.5 Å². The number of nitrogen functional groups attached to an aromatic ring is 2. The van der Waals surface area contributed by atoms with E-state index in [1.807, 2.05) is 0 Å². The lowest BCUT2D eigenvalue weighted by Crippen LogP contribution is -2.35. The lowest BCUT2D eigenvalue weighted by molar-refractivity contribution is -0.0645. The predicted octanol–water partition coefficient (Wildman–Crippen LogP) is -0.594. The average molecular weight is 707 g/mol. The maximum Gasteiger partial charge on any atom is 0.475 e. The largest absolute Gasteiger partial charge is 0.475 e. The summed E-state index contributed by atoms with van der Waals surface area (Å²) in [5, 5.41) is 11.2.